The maximum atomic E-state index is 12.4. The first kappa shape index (κ1) is 16.6. The minimum atomic E-state index is -3.74. The van der Waals surface area contributed by atoms with E-state index in [2.05, 4.69) is 0 Å². The van der Waals surface area contributed by atoms with E-state index in [9.17, 15) is 13.2 Å². The zero-order valence-corrected chi connectivity index (χ0v) is 12.5. The fourth-order valence-electron chi connectivity index (χ4n) is 1.64. The summed E-state index contributed by atoms with van der Waals surface area (Å²) >= 11 is 0. The van der Waals surface area contributed by atoms with Gasteiger partial charge < -0.3 is 10.5 Å². The van der Waals surface area contributed by atoms with E-state index in [4.69, 9.17) is 10.5 Å². The molecule has 0 aromatic heterocycles. The summed E-state index contributed by atoms with van der Waals surface area (Å²) in [5.41, 5.74) is 6.38. The van der Waals surface area contributed by atoms with Crippen molar-refractivity contribution in [2.24, 2.45) is 5.73 Å². The minimum Gasteiger partial charge on any atom is -0.465 e. The molecular formula is C13H20N2O4S. The van der Waals surface area contributed by atoms with Crippen molar-refractivity contribution >= 4 is 16.0 Å². The van der Waals surface area contributed by atoms with Gasteiger partial charge in [0, 0.05) is 13.1 Å². The summed E-state index contributed by atoms with van der Waals surface area (Å²) in [5, 5.41) is 0. The number of aryl methyl sites for hydroxylation is 1. The molecule has 0 bridgehead atoms. The van der Waals surface area contributed by atoms with Gasteiger partial charge in [-0.2, -0.15) is 4.31 Å². The highest BCUT2D eigenvalue weighted by molar-refractivity contribution is 7.89. The van der Waals surface area contributed by atoms with E-state index in [-0.39, 0.29) is 31.1 Å². The van der Waals surface area contributed by atoms with Crippen LogP contribution in [0.3, 0.4) is 0 Å². The van der Waals surface area contributed by atoms with Gasteiger partial charge in [0.05, 0.1) is 11.5 Å². The van der Waals surface area contributed by atoms with E-state index in [0.717, 1.165) is 9.87 Å². The maximum absolute atomic E-state index is 12.4. The first-order valence-corrected chi connectivity index (χ1v) is 7.78. The highest BCUT2D eigenvalue weighted by atomic mass is 32.2. The summed E-state index contributed by atoms with van der Waals surface area (Å²) in [6, 6.07) is 6.44. The van der Waals surface area contributed by atoms with Crippen molar-refractivity contribution in [2.75, 3.05) is 26.2 Å². The van der Waals surface area contributed by atoms with Crippen molar-refractivity contribution in [1.29, 1.82) is 0 Å². The summed E-state index contributed by atoms with van der Waals surface area (Å²) in [6.45, 7) is 3.60. The standard InChI is InChI=1S/C13H20N2O4S/c1-3-19-13(16)10-15(9-8-14)20(17,18)12-6-4-11(2)5-7-12/h4-7H,3,8-10,14H2,1-2H3. The molecule has 0 fully saturated rings. The smallest absolute Gasteiger partial charge is 0.321 e. The van der Waals surface area contributed by atoms with E-state index in [1.54, 1.807) is 19.1 Å². The zero-order chi connectivity index (χ0) is 15.2. The lowest BCUT2D eigenvalue weighted by atomic mass is 10.2. The van der Waals surface area contributed by atoms with Crippen molar-refractivity contribution in [3.8, 4) is 0 Å². The third-order valence-electron chi connectivity index (χ3n) is 2.65. The molecule has 7 heteroatoms. The Bertz CT molecular complexity index is 540. The van der Waals surface area contributed by atoms with Gasteiger partial charge in [-0.1, -0.05) is 17.7 Å². The van der Waals surface area contributed by atoms with Crippen LogP contribution in [0.25, 0.3) is 0 Å². The van der Waals surface area contributed by atoms with Crippen molar-refractivity contribution in [2.45, 2.75) is 18.7 Å². The molecule has 1 aromatic rings. The van der Waals surface area contributed by atoms with Gasteiger partial charge >= 0.3 is 5.97 Å². The zero-order valence-electron chi connectivity index (χ0n) is 11.7. The number of carbonyl (C=O) groups excluding carboxylic acids is 1. The summed E-state index contributed by atoms with van der Waals surface area (Å²) in [5.74, 6) is -0.586. The molecule has 112 valence electrons. The van der Waals surface area contributed by atoms with Crippen LogP contribution in [0.4, 0.5) is 0 Å². The number of rotatable bonds is 7. The fraction of sp³-hybridized carbons (Fsp3) is 0.462. The molecule has 0 aliphatic carbocycles. The van der Waals surface area contributed by atoms with Crippen molar-refractivity contribution in [3.63, 3.8) is 0 Å². The van der Waals surface area contributed by atoms with Gasteiger partial charge in [0.25, 0.3) is 0 Å². The fourth-order valence-corrected chi connectivity index (χ4v) is 3.04. The lowest BCUT2D eigenvalue weighted by molar-refractivity contribution is -0.143. The van der Waals surface area contributed by atoms with Gasteiger partial charge in [-0.05, 0) is 26.0 Å². The number of hydrogen-bond donors (Lipinski definition) is 1. The van der Waals surface area contributed by atoms with Crippen molar-refractivity contribution < 1.29 is 17.9 Å². The van der Waals surface area contributed by atoms with E-state index >= 15 is 0 Å². The maximum Gasteiger partial charge on any atom is 0.321 e. The van der Waals surface area contributed by atoms with Gasteiger partial charge in [-0.3, -0.25) is 4.79 Å². The second-order valence-corrected chi connectivity index (χ2v) is 6.18. The number of nitrogens with two attached hydrogens (primary N) is 1. The molecule has 0 saturated carbocycles. The number of benzene rings is 1. The highest BCUT2D eigenvalue weighted by Gasteiger charge is 2.26. The Morgan fingerprint density at radius 2 is 1.90 bits per heavy atom. The lowest BCUT2D eigenvalue weighted by Crippen LogP contribution is -2.39. The minimum absolute atomic E-state index is 0.0645. The Morgan fingerprint density at radius 1 is 1.30 bits per heavy atom. The van der Waals surface area contributed by atoms with Crippen LogP contribution in [0.15, 0.2) is 29.2 Å². The molecule has 0 heterocycles. The number of hydrogen-bond acceptors (Lipinski definition) is 5. The molecule has 0 aliphatic heterocycles. The molecule has 1 rings (SSSR count). The highest BCUT2D eigenvalue weighted by Crippen LogP contribution is 2.16. The topological polar surface area (TPSA) is 89.7 Å². The summed E-state index contributed by atoms with van der Waals surface area (Å²) in [6.07, 6.45) is 0. The molecular weight excluding hydrogens is 280 g/mol. The predicted octanol–water partition coefficient (Wildman–Crippen LogP) is 0.508. The summed E-state index contributed by atoms with van der Waals surface area (Å²) in [4.78, 5) is 11.6. The van der Waals surface area contributed by atoms with Crippen molar-refractivity contribution in [3.05, 3.63) is 29.8 Å². The van der Waals surface area contributed by atoms with Gasteiger partial charge in [0.2, 0.25) is 10.0 Å². The SMILES string of the molecule is CCOC(=O)CN(CCN)S(=O)(=O)c1ccc(C)cc1. The number of esters is 1. The van der Waals surface area contributed by atoms with Gasteiger partial charge in [0.15, 0.2) is 0 Å². The molecule has 20 heavy (non-hydrogen) atoms. The second kappa shape index (κ2) is 7.37. The van der Waals surface area contributed by atoms with Gasteiger partial charge in [-0.15, -0.1) is 0 Å². The third kappa shape index (κ3) is 4.29. The van der Waals surface area contributed by atoms with Crippen LogP contribution in [-0.2, 0) is 19.6 Å². The lowest BCUT2D eigenvalue weighted by Gasteiger charge is -2.20. The second-order valence-electron chi connectivity index (χ2n) is 4.25. The Labute approximate surface area is 119 Å². The Morgan fingerprint density at radius 3 is 2.40 bits per heavy atom. The van der Waals surface area contributed by atoms with E-state index in [1.165, 1.54) is 12.1 Å². The molecule has 0 spiro atoms. The summed E-state index contributed by atoms with van der Waals surface area (Å²) < 4.78 is 30.7. The van der Waals surface area contributed by atoms with Gasteiger partial charge in [0.1, 0.15) is 6.54 Å². The summed E-state index contributed by atoms with van der Waals surface area (Å²) in [7, 11) is -3.74. The number of nitrogens with zero attached hydrogens (tertiary/aromatic N) is 1. The first-order chi connectivity index (χ1) is 9.41. The molecule has 2 N–H and O–H groups in total. The number of sulfonamides is 1. The normalized spacial score (nSPS) is 11.6. The monoisotopic (exact) mass is 300 g/mol. The van der Waals surface area contributed by atoms with Crippen LogP contribution in [0.5, 0.6) is 0 Å². The first-order valence-electron chi connectivity index (χ1n) is 6.34. The largest absolute Gasteiger partial charge is 0.465 e. The van der Waals surface area contributed by atoms with Crippen LogP contribution in [0.1, 0.15) is 12.5 Å². The van der Waals surface area contributed by atoms with E-state index < -0.39 is 16.0 Å². The molecule has 1 aromatic carbocycles. The van der Waals surface area contributed by atoms with Crippen LogP contribution in [0, 0.1) is 6.92 Å². The molecule has 0 saturated heterocycles. The molecule has 0 radical (unpaired) electrons. The third-order valence-corrected chi connectivity index (χ3v) is 4.51. The Hall–Kier alpha value is -1.44. The van der Waals surface area contributed by atoms with E-state index in [0.29, 0.717) is 0 Å². The molecule has 0 aliphatic rings. The van der Waals surface area contributed by atoms with Crippen LogP contribution >= 0.6 is 0 Å². The molecule has 6 nitrogen and oxygen atoms in total. The van der Waals surface area contributed by atoms with Crippen LogP contribution in [0.2, 0.25) is 0 Å². The van der Waals surface area contributed by atoms with Crippen LogP contribution < -0.4 is 5.73 Å². The average Bonchev–Trinajstić information content (AvgIpc) is 2.39. The average molecular weight is 300 g/mol. The quantitative estimate of drug-likeness (QED) is 0.741. The Kier molecular flexibility index (Phi) is 6.12. The number of carbonyl (C=O) groups is 1. The van der Waals surface area contributed by atoms with Crippen molar-refractivity contribution in [1.82, 2.24) is 4.31 Å². The predicted molar refractivity (Wildman–Crippen MR) is 75.6 cm³/mol. The molecule has 0 unspecified atom stereocenters. The molecule has 0 atom stereocenters. The Balaban J connectivity index is 2.99. The molecule has 0 amide bonds. The number of ether oxygens (including phenoxy) is 1. The van der Waals surface area contributed by atoms with E-state index in [1.807, 2.05) is 6.92 Å². The van der Waals surface area contributed by atoms with Gasteiger partial charge in [-0.25, -0.2) is 8.42 Å². The van der Waals surface area contributed by atoms with Crippen LogP contribution in [-0.4, -0.2) is 44.9 Å².